The van der Waals surface area contributed by atoms with Crippen molar-refractivity contribution in [2.24, 2.45) is 0 Å². The molecule has 0 spiro atoms. The minimum atomic E-state index is 1.13. The molecule has 0 fully saturated rings. The highest BCUT2D eigenvalue weighted by molar-refractivity contribution is 9.10. The second-order valence-corrected chi connectivity index (χ2v) is 8.50. The smallest absolute Gasteiger partial charge is 0.0464 e. The van der Waals surface area contributed by atoms with Gasteiger partial charge in [-0.05, 0) is 40.5 Å². The summed E-state index contributed by atoms with van der Waals surface area (Å²) in [5.41, 5.74) is 7.34. The van der Waals surface area contributed by atoms with Gasteiger partial charge < -0.3 is 4.98 Å². The first kappa shape index (κ1) is 20.3. The molecule has 0 bridgehead atoms. The Labute approximate surface area is 196 Å². The lowest BCUT2D eigenvalue weighted by molar-refractivity contribution is 1.55. The second-order valence-electron chi connectivity index (χ2n) is 7.64. The van der Waals surface area contributed by atoms with E-state index in [4.69, 9.17) is 0 Å². The van der Waals surface area contributed by atoms with Crippen LogP contribution in [0.1, 0.15) is 0 Å². The van der Waals surface area contributed by atoms with Crippen LogP contribution in [-0.4, -0.2) is 4.98 Å². The quantitative estimate of drug-likeness (QED) is 0.257. The van der Waals surface area contributed by atoms with Crippen LogP contribution in [0, 0.1) is 0 Å². The predicted octanol–water partition coefficient (Wildman–Crippen LogP) is 9.10. The molecule has 0 unspecified atom stereocenters. The highest BCUT2D eigenvalue weighted by atomic mass is 79.9. The Kier molecular flexibility index (Phi) is 5.87. The Bertz CT molecular complexity index is 1420. The van der Waals surface area contributed by atoms with Crippen LogP contribution >= 0.6 is 15.9 Å². The van der Waals surface area contributed by atoms with Gasteiger partial charge in [-0.15, -0.1) is 0 Å². The van der Waals surface area contributed by atoms with Crippen LogP contribution in [0.3, 0.4) is 0 Å². The SMILES string of the molecule is Brc1cc(-c2ccccc2)ccc1-c1ccccc1.c1ccc2c(c1)[nH]c1ccccc12. The summed E-state index contributed by atoms with van der Waals surface area (Å²) in [6, 6.07) is 44.1. The van der Waals surface area contributed by atoms with E-state index in [1.165, 1.54) is 44.1 Å². The number of rotatable bonds is 2. The van der Waals surface area contributed by atoms with E-state index in [2.05, 4.69) is 136 Å². The third kappa shape index (κ3) is 4.23. The number of hydrogen-bond acceptors (Lipinski definition) is 0. The molecular formula is C30H22BrN. The van der Waals surface area contributed by atoms with Gasteiger partial charge in [0.2, 0.25) is 0 Å². The van der Waals surface area contributed by atoms with E-state index in [9.17, 15) is 0 Å². The van der Waals surface area contributed by atoms with Crippen molar-refractivity contribution in [1.82, 2.24) is 4.98 Å². The van der Waals surface area contributed by atoms with E-state index in [1.807, 2.05) is 12.1 Å². The summed E-state index contributed by atoms with van der Waals surface area (Å²) in [6.45, 7) is 0. The average Bonchev–Trinajstić information content (AvgIpc) is 3.24. The summed E-state index contributed by atoms with van der Waals surface area (Å²) in [6.07, 6.45) is 0. The maximum absolute atomic E-state index is 3.68. The number of aromatic nitrogens is 1. The normalized spacial score (nSPS) is 10.7. The molecule has 1 N–H and O–H groups in total. The molecule has 154 valence electrons. The highest BCUT2D eigenvalue weighted by Crippen LogP contribution is 2.32. The second kappa shape index (κ2) is 9.25. The maximum Gasteiger partial charge on any atom is 0.0464 e. The minimum absolute atomic E-state index is 1.13. The van der Waals surface area contributed by atoms with E-state index in [1.54, 1.807) is 0 Å². The van der Waals surface area contributed by atoms with Crippen molar-refractivity contribution in [2.75, 3.05) is 0 Å². The molecule has 2 heteroatoms. The highest BCUT2D eigenvalue weighted by Gasteiger charge is 2.05. The van der Waals surface area contributed by atoms with E-state index in [-0.39, 0.29) is 0 Å². The predicted molar refractivity (Wildman–Crippen MR) is 141 cm³/mol. The van der Waals surface area contributed by atoms with Crippen molar-refractivity contribution in [1.29, 1.82) is 0 Å². The van der Waals surface area contributed by atoms with Crippen LogP contribution < -0.4 is 0 Å². The molecule has 1 heterocycles. The van der Waals surface area contributed by atoms with Crippen molar-refractivity contribution < 1.29 is 0 Å². The van der Waals surface area contributed by atoms with Crippen LogP contribution in [0.15, 0.2) is 132 Å². The average molecular weight is 476 g/mol. The number of benzene rings is 5. The van der Waals surface area contributed by atoms with Gasteiger partial charge in [-0.1, -0.05) is 125 Å². The Morgan fingerprint density at radius 3 is 1.50 bits per heavy atom. The molecule has 5 aromatic carbocycles. The minimum Gasteiger partial charge on any atom is -0.355 e. The molecule has 0 aliphatic carbocycles. The van der Waals surface area contributed by atoms with Gasteiger partial charge in [-0.3, -0.25) is 0 Å². The fourth-order valence-corrected chi connectivity index (χ4v) is 4.58. The molecule has 0 aliphatic rings. The van der Waals surface area contributed by atoms with Gasteiger partial charge in [0.05, 0.1) is 0 Å². The van der Waals surface area contributed by atoms with Gasteiger partial charge in [0, 0.05) is 26.3 Å². The molecule has 0 saturated carbocycles. The number of aromatic amines is 1. The van der Waals surface area contributed by atoms with Crippen molar-refractivity contribution in [3.8, 4) is 22.3 Å². The fraction of sp³-hybridized carbons (Fsp3) is 0. The number of para-hydroxylation sites is 2. The summed E-state index contributed by atoms with van der Waals surface area (Å²) in [7, 11) is 0. The summed E-state index contributed by atoms with van der Waals surface area (Å²) in [5.74, 6) is 0. The van der Waals surface area contributed by atoms with Crippen molar-refractivity contribution in [3.63, 3.8) is 0 Å². The van der Waals surface area contributed by atoms with Crippen LogP contribution in [0.4, 0.5) is 0 Å². The van der Waals surface area contributed by atoms with E-state index in [0.717, 1.165) is 4.47 Å². The summed E-state index contributed by atoms with van der Waals surface area (Å²) >= 11 is 3.68. The van der Waals surface area contributed by atoms with Crippen LogP contribution in [-0.2, 0) is 0 Å². The van der Waals surface area contributed by atoms with Gasteiger partial charge >= 0.3 is 0 Å². The lowest BCUT2D eigenvalue weighted by Gasteiger charge is -2.08. The van der Waals surface area contributed by atoms with Crippen LogP contribution in [0.5, 0.6) is 0 Å². The lowest BCUT2D eigenvalue weighted by Crippen LogP contribution is -1.82. The van der Waals surface area contributed by atoms with Gasteiger partial charge in [-0.25, -0.2) is 0 Å². The molecule has 1 nitrogen and oxygen atoms in total. The molecule has 0 saturated heterocycles. The number of halogens is 1. The van der Waals surface area contributed by atoms with Gasteiger partial charge in [0.15, 0.2) is 0 Å². The Balaban J connectivity index is 0.000000144. The number of nitrogens with one attached hydrogen (secondary N) is 1. The molecule has 1 aromatic heterocycles. The first-order chi connectivity index (χ1) is 15.8. The zero-order chi connectivity index (χ0) is 21.8. The fourth-order valence-electron chi connectivity index (χ4n) is 3.98. The number of fused-ring (bicyclic) bond motifs is 3. The molecule has 32 heavy (non-hydrogen) atoms. The lowest BCUT2D eigenvalue weighted by atomic mass is 10.0. The molecule has 6 rings (SSSR count). The Morgan fingerprint density at radius 2 is 0.938 bits per heavy atom. The molecule has 6 aromatic rings. The zero-order valence-corrected chi connectivity index (χ0v) is 19.1. The van der Waals surface area contributed by atoms with Crippen molar-refractivity contribution in [2.45, 2.75) is 0 Å². The topological polar surface area (TPSA) is 15.8 Å². The maximum atomic E-state index is 3.68. The van der Waals surface area contributed by atoms with Crippen molar-refractivity contribution in [3.05, 3.63) is 132 Å². The van der Waals surface area contributed by atoms with E-state index in [0.29, 0.717) is 0 Å². The zero-order valence-electron chi connectivity index (χ0n) is 17.5. The number of H-pyrrole nitrogens is 1. The van der Waals surface area contributed by atoms with Gasteiger partial charge in [-0.2, -0.15) is 0 Å². The molecule has 0 radical (unpaired) electrons. The number of hydrogen-bond donors (Lipinski definition) is 1. The first-order valence-electron chi connectivity index (χ1n) is 10.7. The van der Waals surface area contributed by atoms with Gasteiger partial charge in [0.25, 0.3) is 0 Å². The largest absolute Gasteiger partial charge is 0.355 e. The monoisotopic (exact) mass is 475 g/mol. The Morgan fingerprint density at radius 1 is 0.438 bits per heavy atom. The van der Waals surface area contributed by atoms with Crippen LogP contribution in [0.25, 0.3) is 44.1 Å². The third-order valence-electron chi connectivity index (χ3n) is 5.57. The Hall–Kier alpha value is -3.62. The van der Waals surface area contributed by atoms with Crippen molar-refractivity contribution >= 4 is 37.7 Å². The molecular weight excluding hydrogens is 454 g/mol. The van der Waals surface area contributed by atoms with Gasteiger partial charge in [0.1, 0.15) is 0 Å². The summed E-state index contributed by atoms with van der Waals surface area (Å²) in [4.78, 5) is 3.38. The molecule has 0 atom stereocenters. The molecule has 0 aliphatic heterocycles. The first-order valence-corrected chi connectivity index (χ1v) is 11.4. The van der Waals surface area contributed by atoms with E-state index < -0.39 is 0 Å². The molecule has 0 amide bonds. The standard InChI is InChI=1S/C18H13Br.C12H9N/c19-18-13-16(14-7-3-1-4-8-14)11-12-17(18)15-9-5-2-6-10-15;1-3-7-11-9(5-1)10-6-2-4-8-12(10)13-11/h1-13H;1-8,13H. The summed E-state index contributed by atoms with van der Waals surface area (Å²) < 4.78 is 1.13. The van der Waals surface area contributed by atoms with E-state index >= 15 is 0 Å². The summed E-state index contributed by atoms with van der Waals surface area (Å²) in [5, 5.41) is 2.61. The third-order valence-corrected chi connectivity index (χ3v) is 6.23. The van der Waals surface area contributed by atoms with Crippen LogP contribution in [0.2, 0.25) is 0 Å².